The second kappa shape index (κ2) is 10.5. The summed E-state index contributed by atoms with van der Waals surface area (Å²) in [6, 6.07) is 5.48. The van der Waals surface area contributed by atoms with E-state index in [9.17, 15) is 13.2 Å². The van der Waals surface area contributed by atoms with Crippen molar-refractivity contribution in [3.8, 4) is 0 Å². The van der Waals surface area contributed by atoms with Crippen LogP contribution in [0.25, 0.3) is 0 Å². The summed E-state index contributed by atoms with van der Waals surface area (Å²) in [6.45, 7) is 2.96. The second-order valence-electron chi connectivity index (χ2n) is 6.02. The number of hydrogen-bond acceptors (Lipinski definition) is 3. The number of guanidine groups is 1. The van der Waals surface area contributed by atoms with E-state index in [1.807, 2.05) is 14.0 Å². The molecule has 150 valence electrons. The molecule has 2 aromatic rings. The Hall–Kier alpha value is -1.85. The summed E-state index contributed by atoms with van der Waals surface area (Å²) in [7, 11) is 3.51. The van der Waals surface area contributed by atoms with Crippen molar-refractivity contribution in [2.24, 2.45) is 12.0 Å². The van der Waals surface area contributed by atoms with Crippen LogP contribution >= 0.6 is 24.0 Å². The van der Waals surface area contributed by atoms with Crippen LogP contribution in [0.4, 0.5) is 13.2 Å². The summed E-state index contributed by atoms with van der Waals surface area (Å²) in [5.74, 6) is 1.36. The topological polar surface area (TPSA) is 67.1 Å². The van der Waals surface area contributed by atoms with E-state index in [2.05, 4.69) is 25.8 Å². The molecule has 1 aromatic heterocycles. The van der Waals surface area contributed by atoms with Gasteiger partial charge in [-0.15, -0.1) is 34.2 Å². The van der Waals surface area contributed by atoms with E-state index in [4.69, 9.17) is 0 Å². The van der Waals surface area contributed by atoms with Crippen LogP contribution in [0.15, 0.2) is 35.6 Å². The zero-order chi connectivity index (χ0) is 19.2. The van der Waals surface area contributed by atoms with E-state index in [-0.39, 0.29) is 29.9 Å². The zero-order valence-corrected chi connectivity index (χ0v) is 17.7. The number of benzene rings is 1. The Morgan fingerprint density at radius 1 is 1.30 bits per heavy atom. The number of rotatable bonds is 6. The summed E-state index contributed by atoms with van der Waals surface area (Å²) in [5, 5.41) is 14.1. The van der Waals surface area contributed by atoms with Crippen LogP contribution in [-0.4, -0.2) is 34.3 Å². The summed E-state index contributed by atoms with van der Waals surface area (Å²) < 4.78 is 40.3. The third kappa shape index (κ3) is 7.00. The number of aryl methyl sites for hydroxylation is 1. The number of nitrogens with one attached hydrogen (secondary N) is 2. The van der Waals surface area contributed by atoms with Crippen molar-refractivity contribution in [3.05, 3.63) is 47.5 Å². The van der Waals surface area contributed by atoms with Gasteiger partial charge in [0.05, 0.1) is 12.1 Å². The van der Waals surface area contributed by atoms with E-state index in [1.165, 1.54) is 12.1 Å². The first-order chi connectivity index (χ1) is 12.3. The molecular weight excluding hydrogens is 472 g/mol. The van der Waals surface area contributed by atoms with Crippen molar-refractivity contribution in [3.63, 3.8) is 0 Å². The van der Waals surface area contributed by atoms with Gasteiger partial charge in [-0.3, -0.25) is 4.99 Å². The summed E-state index contributed by atoms with van der Waals surface area (Å²) in [6.07, 6.45) is -2.03. The van der Waals surface area contributed by atoms with Gasteiger partial charge in [0.15, 0.2) is 11.8 Å². The van der Waals surface area contributed by atoms with Gasteiger partial charge in [-0.25, -0.2) is 0 Å². The summed E-state index contributed by atoms with van der Waals surface area (Å²) >= 11 is 0. The monoisotopic (exact) mass is 496 g/mol. The van der Waals surface area contributed by atoms with E-state index in [0.29, 0.717) is 31.0 Å². The Labute approximate surface area is 173 Å². The first kappa shape index (κ1) is 23.2. The fourth-order valence-corrected chi connectivity index (χ4v) is 2.45. The lowest BCUT2D eigenvalue weighted by atomic mass is 9.96. The van der Waals surface area contributed by atoms with Crippen molar-refractivity contribution in [2.75, 3.05) is 13.6 Å². The van der Waals surface area contributed by atoms with Crippen LogP contribution in [-0.2, 0) is 19.8 Å². The molecule has 1 aromatic carbocycles. The molecule has 2 rings (SSSR count). The predicted octanol–water partition coefficient (Wildman–Crippen LogP) is 3.31. The molecule has 1 unspecified atom stereocenters. The molecule has 0 aliphatic carbocycles. The van der Waals surface area contributed by atoms with Gasteiger partial charge in [0, 0.05) is 20.6 Å². The molecule has 0 fully saturated rings. The largest absolute Gasteiger partial charge is 0.416 e. The van der Waals surface area contributed by atoms with E-state index < -0.39 is 11.7 Å². The van der Waals surface area contributed by atoms with Gasteiger partial charge in [-0.2, -0.15) is 13.2 Å². The number of hydrogen-bond donors (Lipinski definition) is 2. The average molecular weight is 496 g/mol. The highest BCUT2D eigenvalue weighted by Crippen LogP contribution is 2.31. The van der Waals surface area contributed by atoms with Crippen LogP contribution in [0, 0.1) is 0 Å². The summed E-state index contributed by atoms with van der Waals surface area (Å²) in [4.78, 5) is 4.12. The molecular formula is C17H24F3IN6. The van der Waals surface area contributed by atoms with Crippen molar-refractivity contribution >= 4 is 29.9 Å². The third-order valence-corrected chi connectivity index (χ3v) is 4.10. The first-order valence-corrected chi connectivity index (χ1v) is 8.25. The quantitative estimate of drug-likeness (QED) is 0.366. The van der Waals surface area contributed by atoms with Gasteiger partial charge in [0.2, 0.25) is 0 Å². The van der Waals surface area contributed by atoms with Gasteiger partial charge < -0.3 is 15.2 Å². The molecule has 0 radical (unpaired) electrons. The fraction of sp³-hybridized carbons (Fsp3) is 0.471. The standard InChI is InChI=1S/C17H23F3N6.HI/c1-12(13-5-4-6-14(9-13)17(18,19)20)7-8-22-16(21-2)23-10-15-25-24-11-26(15)3;/h4-6,9,11-12H,7-8,10H2,1-3H3,(H2,21,22,23);1H. The van der Waals surface area contributed by atoms with Crippen LogP contribution in [0.3, 0.4) is 0 Å². The molecule has 0 spiro atoms. The van der Waals surface area contributed by atoms with Crippen molar-refractivity contribution < 1.29 is 13.2 Å². The van der Waals surface area contributed by atoms with E-state index in [0.717, 1.165) is 11.9 Å². The maximum atomic E-state index is 12.8. The number of aromatic nitrogens is 3. The number of aliphatic imine (C=N–C) groups is 1. The Bertz CT molecular complexity index is 744. The average Bonchev–Trinajstić information content (AvgIpc) is 3.02. The lowest BCUT2D eigenvalue weighted by molar-refractivity contribution is -0.137. The molecule has 1 atom stereocenters. The number of nitrogens with zero attached hydrogens (tertiary/aromatic N) is 4. The Kier molecular flexibility index (Phi) is 9.00. The maximum Gasteiger partial charge on any atom is 0.416 e. The van der Waals surface area contributed by atoms with Crippen molar-refractivity contribution in [1.82, 2.24) is 25.4 Å². The normalized spacial score (nSPS) is 13.0. The molecule has 0 saturated heterocycles. The third-order valence-electron chi connectivity index (χ3n) is 4.10. The van der Waals surface area contributed by atoms with Crippen molar-refractivity contribution in [1.29, 1.82) is 0 Å². The predicted molar refractivity (Wildman–Crippen MR) is 109 cm³/mol. The summed E-state index contributed by atoms with van der Waals surface area (Å²) in [5.41, 5.74) is 0.0552. The van der Waals surface area contributed by atoms with Crippen LogP contribution in [0.5, 0.6) is 0 Å². The molecule has 0 aliphatic rings. The van der Waals surface area contributed by atoms with Gasteiger partial charge in [-0.1, -0.05) is 25.1 Å². The van der Waals surface area contributed by atoms with Crippen molar-refractivity contribution in [2.45, 2.75) is 32.0 Å². The van der Waals surface area contributed by atoms with Gasteiger partial charge in [-0.05, 0) is 24.0 Å². The first-order valence-electron chi connectivity index (χ1n) is 8.25. The highest BCUT2D eigenvalue weighted by atomic mass is 127. The molecule has 10 heteroatoms. The van der Waals surface area contributed by atoms with Crippen LogP contribution < -0.4 is 10.6 Å². The van der Waals surface area contributed by atoms with E-state index in [1.54, 1.807) is 24.0 Å². The Morgan fingerprint density at radius 2 is 2.04 bits per heavy atom. The minimum Gasteiger partial charge on any atom is -0.356 e. The molecule has 2 N–H and O–H groups in total. The maximum absolute atomic E-state index is 12.8. The molecule has 0 saturated carbocycles. The minimum absolute atomic E-state index is 0. The zero-order valence-electron chi connectivity index (χ0n) is 15.4. The molecule has 0 amide bonds. The van der Waals surface area contributed by atoms with Gasteiger partial charge in [0.25, 0.3) is 0 Å². The SMILES string of the molecule is CN=C(NCCC(C)c1cccc(C(F)(F)F)c1)NCc1nncn1C.I. The lowest BCUT2D eigenvalue weighted by Crippen LogP contribution is -2.38. The van der Waals surface area contributed by atoms with Gasteiger partial charge in [0.1, 0.15) is 6.33 Å². The van der Waals surface area contributed by atoms with Crippen LogP contribution in [0.2, 0.25) is 0 Å². The van der Waals surface area contributed by atoms with Crippen LogP contribution in [0.1, 0.15) is 36.2 Å². The highest BCUT2D eigenvalue weighted by molar-refractivity contribution is 14.0. The Balaban J connectivity index is 0.00000364. The lowest BCUT2D eigenvalue weighted by Gasteiger charge is -2.16. The highest BCUT2D eigenvalue weighted by Gasteiger charge is 2.30. The fourth-order valence-electron chi connectivity index (χ4n) is 2.45. The molecule has 27 heavy (non-hydrogen) atoms. The minimum atomic E-state index is -4.32. The second-order valence-corrected chi connectivity index (χ2v) is 6.02. The smallest absolute Gasteiger partial charge is 0.356 e. The molecule has 6 nitrogen and oxygen atoms in total. The molecule has 0 bridgehead atoms. The van der Waals surface area contributed by atoms with Gasteiger partial charge >= 0.3 is 6.18 Å². The number of alkyl halides is 3. The van der Waals surface area contributed by atoms with E-state index >= 15 is 0 Å². The molecule has 0 aliphatic heterocycles. The number of halogens is 4. The molecule has 1 heterocycles. The Morgan fingerprint density at radius 3 is 2.63 bits per heavy atom.